The minimum Gasteiger partial charge on any atom is -0.489 e. The smallest absolute Gasteiger partial charge is 0.277 e. The summed E-state index contributed by atoms with van der Waals surface area (Å²) in [6.45, 7) is 0.767. The monoisotopic (exact) mass is 608 g/mol. The summed E-state index contributed by atoms with van der Waals surface area (Å²) in [4.78, 5) is 12.5. The number of carbonyl (C=O) groups is 1. The molecular formula is C38H32N4O4. The van der Waals surface area contributed by atoms with Crippen LogP contribution in [0, 0.1) is 0 Å². The quantitative estimate of drug-likeness (QED) is 0.110. The third kappa shape index (κ3) is 8.27. The van der Waals surface area contributed by atoms with Gasteiger partial charge in [0.15, 0.2) is 6.61 Å². The number of aromatic nitrogens is 2. The van der Waals surface area contributed by atoms with Crippen molar-refractivity contribution in [3.63, 3.8) is 0 Å². The SMILES string of the molecule is O=C(COc1ccc(OCc2ccccc2)cc1)N/N=C\c1cn(-c2ccccc2)nc1-c1ccc(OCc2ccccc2)cc1. The molecule has 1 heterocycles. The molecule has 8 nitrogen and oxygen atoms in total. The van der Waals surface area contributed by atoms with Gasteiger partial charge in [0.25, 0.3) is 5.91 Å². The van der Waals surface area contributed by atoms with Crippen LogP contribution in [0.25, 0.3) is 16.9 Å². The highest BCUT2D eigenvalue weighted by molar-refractivity contribution is 5.89. The van der Waals surface area contributed by atoms with Crippen molar-refractivity contribution in [2.45, 2.75) is 13.2 Å². The number of hydrogen-bond acceptors (Lipinski definition) is 6. The Bertz CT molecular complexity index is 1860. The van der Waals surface area contributed by atoms with E-state index in [0.29, 0.717) is 30.4 Å². The second kappa shape index (κ2) is 15.0. The molecule has 6 rings (SSSR count). The number of ether oxygens (including phenoxy) is 3. The zero-order valence-electron chi connectivity index (χ0n) is 25.0. The van der Waals surface area contributed by atoms with Crippen molar-refractivity contribution < 1.29 is 19.0 Å². The summed E-state index contributed by atoms with van der Waals surface area (Å²) < 4.78 is 19.2. The van der Waals surface area contributed by atoms with E-state index in [1.807, 2.05) is 134 Å². The van der Waals surface area contributed by atoms with Gasteiger partial charge in [-0.3, -0.25) is 4.79 Å². The fraction of sp³-hybridized carbons (Fsp3) is 0.0789. The molecule has 5 aromatic carbocycles. The van der Waals surface area contributed by atoms with Crippen molar-refractivity contribution in [3.05, 3.63) is 162 Å². The number of hydrogen-bond donors (Lipinski definition) is 1. The lowest BCUT2D eigenvalue weighted by Crippen LogP contribution is -2.24. The summed E-state index contributed by atoms with van der Waals surface area (Å²) in [6, 6.07) is 44.7. The Kier molecular flexibility index (Phi) is 9.77. The molecule has 1 amide bonds. The summed E-state index contributed by atoms with van der Waals surface area (Å²) in [6.07, 6.45) is 3.45. The second-order valence-electron chi connectivity index (χ2n) is 10.3. The Morgan fingerprint density at radius 1 is 0.652 bits per heavy atom. The van der Waals surface area contributed by atoms with Crippen molar-refractivity contribution >= 4 is 12.1 Å². The normalized spacial score (nSPS) is 10.9. The van der Waals surface area contributed by atoms with E-state index in [2.05, 4.69) is 10.5 Å². The lowest BCUT2D eigenvalue weighted by atomic mass is 10.1. The van der Waals surface area contributed by atoms with Gasteiger partial charge < -0.3 is 14.2 Å². The molecule has 228 valence electrons. The topological polar surface area (TPSA) is 87.0 Å². The molecule has 0 aliphatic heterocycles. The summed E-state index contributed by atoms with van der Waals surface area (Å²) in [7, 11) is 0. The van der Waals surface area contributed by atoms with Gasteiger partial charge in [0.05, 0.1) is 11.9 Å². The lowest BCUT2D eigenvalue weighted by molar-refractivity contribution is -0.123. The Morgan fingerprint density at radius 2 is 1.15 bits per heavy atom. The van der Waals surface area contributed by atoms with Crippen LogP contribution < -0.4 is 19.6 Å². The van der Waals surface area contributed by atoms with E-state index in [1.165, 1.54) is 0 Å². The summed E-state index contributed by atoms with van der Waals surface area (Å²) in [5, 5.41) is 9.01. The van der Waals surface area contributed by atoms with Crippen LogP contribution in [0.4, 0.5) is 0 Å². The maximum absolute atomic E-state index is 12.5. The molecule has 46 heavy (non-hydrogen) atoms. The number of amides is 1. The van der Waals surface area contributed by atoms with Crippen LogP contribution in [-0.4, -0.2) is 28.5 Å². The van der Waals surface area contributed by atoms with Gasteiger partial charge in [0.2, 0.25) is 0 Å². The maximum Gasteiger partial charge on any atom is 0.277 e. The van der Waals surface area contributed by atoms with Gasteiger partial charge in [-0.15, -0.1) is 0 Å². The average Bonchev–Trinajstić information content (AvgIpc) is 3.55. The number of nitrogens with one attached hydrogen (secondary N) is 1. The maximum atomic E-state index is 12.5. The minimum atomic E-state index is -0.391. The van der Waals surface area contributed by atoms with E-state index >= 15 is 0 Å². The summed E-state index contributed by atoms with van der Waals surface area (Å²) in [5.41, 5.74) is 7.95. The number of rotatable bonds is 13. The van der Waals surface area contributed by atoms with E-state index in [1.54, 1.807) is 23.0 Å². The van der Waals surface area contributed by atoms with Crippen molar-refractivity contribution in [3.8, 4) is 34.2 Å². The molecule has 0 aliphatic rings. The van der Waals surface area contributed by atoms with Crippen LogP contribution in [0.3, 0.4) is 0 Å². The Morgan fingerprint density at radius 3 is 1.72 bits per heavy atom. The summed E-state index contributed by atoms with van der Waals surface area (Å²) in [5.74, 6) is 1.63. The van der Waals surface area contributed by atoms with Gasteiger partial charge in [0, 0.05) is 17.3 Å². The van der Waals surface area contributed by atoms with Crippen LogP contribution in [0.2, 0.25) is 0 Å². The van der Waals surface area contributed by atoms with Crippen molar-refractivity contribution in [1.82, 2.24) is 15.2 Å². The molecule has 0 unspecified atom stereocenters. The fourth-order valence-electron chi connectivity index (χ4n) is 4.60. The molecule has 0 fully saturated rings. The van der Waals surface area contributed by atoms with Crippen LogP contribution >= 0.6 is 0 Å². The highest BCUT2D eigenvalue weighted by atomic mass is 16.5. The third-order valence-electron chi connectivity index (χ3n) is 6.97. The highest BCUT2D eigenvalue weighted by Gasteiger charge is 2.12. The van der Waals surface area contributed by atoms with Crippen LogP contribution in [0.15, 0.2) is 151 Å². The molecule has 0 saturated carbocycles. The zero-order chi connectivity index (χ0) is 31.4. The number of hydrazone groups is 1. The van der Waals surface area contributed by atoms with E-state index in [9.17, 15) is 4.79 Å². The van der Waals surface area contributed by atoms with Crippen molar-refractivity contribution in [1.29, 1.82) is 0 Å². The summed E-state index contributed by atoms with van der Waals surface area (Å²) >= 11 is 0. The number of carbonyl (C=O) groups excluding carboxylic acids is 1. The van der Waals surface area contributed by atoms with Crippen molar-refractivity contribution in [2.24, 2.45) is 5.10 Å². The molecule has 1 aromatic heterocycles. The molecular weight excluding hydrogens is 576 g/mol. The zero-order valence-corrected chi connectivity index (χ0v) is 25.0. The van der Waals surface area contributed by atoms with Gasteiger partial charge >= 0.3 is 0 Å². The minimum absolute atomic E-state index is 0.192. The highest BCUT2D eigenvalue weighted by Crippen LogP contribution is 2.26. The first kappa shape index (κ1) is 29.9. The molecule has 0 atom stereocenters. The molecule has 0 spiro atoms. The van der Waals surface area contributed by atoms with E-state index < -0.39 is 5.91 Å². The molecule has 0 aliphatic carbocycles. The number of benzene rings is 5. The van der Waals surface area contributed by atoms with E-state index in [-0.39, 0.29) is 6.61 Å². The van der Waals surface area contributed by atoms with Gasteiger partial charge in [-0.05, 0) is 71.8 Å². The molecule has 0 saturated heterocycles. The number of nitrogens with zero attached hydrogens (tertiary/aromatic N) is 3. The third-order valence-corrected chi connectivity index (χ3v) is 6.97. The molecule has 0 bridgehead atoms. The van der Waals surface area contributed by atoms with Crippen LogP contribution in [0.1, 0.15) is 16.7 Å². The Hall–Kier alpha value is -6.15. The lowest BCUT2D eigenvalue weighted by Gasteiger charge is -2.08. The van der Waals surface area contributed by atoms with Gasteiger partial charge in [-0.2, -0.15) is 10.2 Å². The largest absolute Gasteiger partial charge is 0.489 e. The standard InChI is InChI=1S/C38H32N4O4/c43-37(28-46-36-22-20-35(21-23-36)45-27-30-12-6-2-7-13-30)40-39-24-32-25-42(33-14-8-3-9-15-33)41-38(32)31-16-18-34(19-17-31)44-26-29-10-4-1-5-11-29/h1-25H,26-28H2,(H,40,43)/b39-24-. The van der Waals surface area contributed by atoms with Crippen molar-refractivity contribution in [2.75, 3.05) is 6.61 Å². The van der Waals surface area contributed by atoms with Crippen LogP contribution in [-0.2, 0) is 18.0 Å². The predicted octanol–water partition coefficient (Wildman–Crippen LogP) is 7.23. The Balaban J connectivity index is 1.07. The van der Waals surface area contributed by atoms with E-state index in [4.69, 9.17) is 19.3 Å². The van der Waals surface area contributed by atoms with Gasteiger partial charge in [0.1, 0.15) is 36.2 Å². The predicted molar refractivity (Wildman–Crippen MR) is 178 cm³/mol. The molecule has 8 heteroatoms. The van der Waals surface area contributed by atoms with E-state index in [0.717, 1.165) is 33.7 Å². The first-order chi connectivity index (χ1) is 22.7. The number of para-hydroxylation sites is 1. The second-order valence-corrected chi connectivity index (χ2v) is 10.3. The fourth-order valence-corrected chi connectivity index (χ4v) is 4.60. The van der Waals surface area contributed by atoms with Crippen LogP contribution in [0.5, 0.6) is 17.2 Å². The van der Waals surface area contributed by atoms with Gasteiger partial charge in [-0.25, -0.2) is 10.1 Å². The molecule has 6 aromatic rings. The molecule has 1 N–H and O–H groups in total. The average molecular weight is 609 g/mol. The first-order valence-corrected chi connectivity index (χ1v) is 14.8. The Labute approximate surface area is 267 Å². The first-order valence-electron chi connectivity index (χ1n) is 14.8. The van der Waals surface area contributed by atoms with Gasteiger partial charge in [-0.1, -0.05) is 78.9 Å². The molecule has 0 radical (unpaired) electrons.